The zero-order valence-corrected chi connectivity index (χ0v) is 15.5. The van der Waals surface area contributed by atoms with Gasteiger partial charge in [0.25, 0.3) is 5.91 Å². The van der Waals surface area contributed by atoms with Crippen LogP contribution in [0, 0.1) is 5.92 Å². The van der Waals surface area contributed by atoms with E-state index >= 15 is 0 Å². The molecule has 1 aromatic rings. The number of amides is 2. The van der Waals surface area contributed by atoms with Crippen molar-refractivity contribution in [2.45, 2.75) is 32.6 Å². The smallest absolute Gasteiger partial charge is 0.253 e. The maximum Gasteiger partial charge on any atom is 0.253 e. The third-order valence-electron chi connectivity index (χ3n) is 4.45. The predicted octanol–water partition coefficient (Wildman–Crippen LogP) is 3.56. The Balaban J connectivity index is 1.87. The van der Waals surface area contributed by atoms with E-state index in [9.17, 15) is 9.59 Å². The summed E-state index contributed by atoms with van der Waals surface area (Å²) in [6.07, 6.45) is 3.66. The zero-order chi connectivity index (χ0) is 16.8. The van der Waals surface area contributed by atoms with Crippen molar-refractivity contribution in [1.29, 1.82) is 0 Å². The van der Waals surface area contributed by atoms with E-state index in [0.29, 0.717) is 18.7 Å². The number of nitrogens with zero attached hydrogens (tertiary/aromatic N) is 2. The lowest BCUT2D eigenvalue weighted by atomic mass is 9.95. The lowest BCUT2D eigenvalue weighted by Crippen LogP contribution is -2.43. The van der Waals surface area contributed by atoms with Crippen LogP contribution in [0.3, 0.4) is 0 Å². The molecule has 0 radical (unpaired) electrons. The highest BCUT2D eigenvalue weighted by Crippen LogP contribution is 2.21. The van der Waals surface area contributed by atoms with Crippen LogP contribution in [0.15, 0.2) is 28.7 Å². The summed E-state index contributed by atoms with van der Waals surface area (Å²) in [6.45, 7) is 4.28. The molecule has 0 saturated carbocycles. The first-order valence-electron chi connectivity index (χ1n) is 8.32. The molecule has 1 heterocycles. The first-order valence-corrected chi connectivity index (χ1v) is 9.12. The van der Waals surface area contributed by atoms with Crippen molar-refractivity contribution >= 4 is 27.7 Å². The van der Waals surface area contributed by atoms with E-state index in [1.54, 1.807) is 0 Å². The molecule has 126 valence electrons. The van der Waals surface area contributed by atoms with Gasteiger partial charge in [-0.2, -0.15) is 0 Å². The molecule has 0 aliphatic carbocycles. The third kappa shape index (κ3) is 4.80. The van der Waals surface area contributed by atoms with Crippen LogP contribution >= 0.6 is 15.9 Å². The summed E-state index contributed by atoms with van der Waals surface area (Å²) >= 11 is 3.38. The Labute approximate surface area is 147 Å². The molecule has 0 aromatic heterocycles. The highest BCUT2D eigenvalue weighted by Gasteiger charge is 2.29. The molecule has 1 saturated heterocycles. The zero-order valence-electron chi connectivity index (χ0n) is 13.9. The fraction of sp³-hybridized carbons (Fsp3) is 0.556. The molecular weight excluding hydrogens is 356 g/mol. The molecule has 0 bridgehead atoms. The van der Waals surface area contributed by atoms with E-state index in [4.69, 9.17) is 0 Å². The minimum atomic E-state index is 0.0581. The molecule has 0 atom stereocenters. The molecule has 1 aliphatic heterocycles. The Hall–Kier alpha value is -1.36. The SMILES string of the molecule is CCCCN(C)C(=O)C1CCN(C(=O)c2ccc(Br)cc2)CC1. The Kier molecular flexibility index (Phi) is 6.63. The molecule has 0 unspecified atom stereocenters. The van der Waals surface area contributed by atoms with E-state index in [0.717, 1.165) is 36.7 Å². The Morgan fingerprint density at radius 3 is 2.39 bits per heavy atom. The average Bonchev–Trinajstić information content (AvgIpc) is 2.59. The van der Waals surface area contributed by atoms with Crippen LogP contribution in [0.1, 0.15) is 43.0 Å². The van der Waals surface area contributed by atoms with Crippen molar-refractivity contribution in [3.05, 3.63) is 34.3 Å². The van der Waals surface area contributed by atoms with E-state index in [2.05, 4.69) is 22.9 Å². The van der Waals surface area contributed by atoms with Gasteiger partial charge in [0.05, 0.1) is 0 Å². The Bertz CT molecular complexity index is 536. The monoisotopic (exact) mass is 380 g/mol. The maximum absolute atomic E-state index is 12.5. The van der Waals surface area contributed by atoms with Crippen molar-refractivity contribution in [1.82, 2.24) is 9.80 Å². The summed E-state index contributed by atoms with van der Waals surface area (Å²) in [6, 6.07) is 7.43. The molecule has 1 fully saturated rings. The van der Waals surface area contributed by atoms with Gasteiger partial charge in [0.1, 0.15) is 0 Å². The van der Waals surface area contributed by atoms with Gasteiger partial charge in [-0.05, 0) is 43.5 Å². The molecular formula is C18H25BrN2O2. The summed E-state index contributed by atoms with van der Waals surface area (Å²) in [5, 5.41) is 0. The predicted molar refractivity (Wildman–Crippen MR) is 95.3 cm³/mol. The van der Waals surface area contributed by atoms with Gasteiger partial charge < -0.3 is 9.80 Å². The minimum Gasteiger partial charge on any atom is -0.346 e. The van der Waals surface area contributed by atoms with Crippen LogP contribution in [-0.2, 0) is 4.79 Å². The van der Waals surface area contributed by atoms with Crippen LogP contribution in [-0.4, -0.2) is 48.3 Å². The van der Waals surface area contributed by atoms with Crippen molar-refractivity contribution < 1.29 is 9.59 Å². The second-order valence-corrected chi connectivity index (χ2v) is 7.10. The molecule has 1 aromatic carbocycles. The number of carbonyl (C=O) groups excluding carboxylic acids is 2. The first kappa shape index (κ1) is 18.0. The highest BCUT2D eigenvalue weighted by molar-refractivity contribution is 9.10. The molecule has 0 N–H and O–H groups in total. The summed E-state index contributed by atoms with van der Waals surface area (Å²) in [5.74, 6) is 0.350. The van der Waals surface area contributed by atoms with E-state index in [-0.39, 0.29) is 17.7 Å². The van der Waals surface area contributed by atoms with Crippen molar-refractivity contribution in [3.63, 3.8) is 0 Å². The van der Waals surface area contributed by atoms with Crippen molar-refractivity contribution in [2.75, 3.05) is 26.7 Å². The Morgan fingerprint density at radius 2 is 1.83 bits per heavy atom. The van der Waals surface area contributed by atoms with E-state index < -0.39 is 0 Å². The number of unbranched alkanes of at least 4 members (excludes halogenated alkanes) is 1. The fourth-order valence-electron chi connectivity index (χ4n) is 2.92. The fourth-order valence-corrected chi connectivity index (χ4v) is 3.19. The number of piperidine rings is 1. The quantitative estimate of drug-likeness (QED) is 0.783. The van der Waals surface area contributed by atoms with Gasteiger partial charge in [0, 0.05) is 42.6 Å². The topological polar surface area (TPSA) is 40.6 Å². The lowest BCUT2D eigenvalue weighted by Gasteiger charge is -2.33. The number of halogens is 1. The second-order valence-electron chi connectivity index (χ2n) is 6.19. The number of hydrogen-bond donors (Lipinski definition) is 0. The normalized spacial score (nSPS) is 15.5. The van der Waals surface area contributed by atoms with Crippen molar-refractivity contribution in [3.8, 4) is 0 Å². The lowest BCUT2D eigenvalue weighted by molar-refractivity contribution is -0.135. The van der Waals surface area contributed by atoms with Gasteiger partial charge in [-0.15, -0.1) is 0 Å². The summed E-state index contributed by atoms with van der Waals surface area (Å²) < 4.78 is 0.966. The molecule has 5 heteroatoms. The number of hydrogen-bond acceptors (Lipinski definition) is 2. The first-order chi connectivity index (χ1) is 11.0. The molecule has 4 nitrogen and oxygen atoms in total. The van der Waals surface area contributed by atoms with Crippen LogP contribution in [0.4, 0.5) is 0 Å². The number of carbonyl (C=O) groups is 2. The van der Waals surface area contributed by atoms with Gasteiger partial charge in [-0.1, -0.05) is 29.3 Å². The standard InChI is InChI=1S/C18H25BrN2O2/c1-3-4-11-20(2)17(22)15-9-12-21(13-10-15)18(23)14-5-7-16(19)8-6-14/h5-8,15H,3-4,9-13H2,1-2H3. The van der Waals surface area contributed by atoms with Gasteiger partial charge in [-0.3, -0.25) is 9.59 Å². The number of rotatable bonds is 5. The maximum atomic E-state index is 12.5. The third-order valence-corrected chi connectivity index (χ3v) is 4.97. The minimum absolute atomic E-state index is 0.0581. The number of benzene rings is 1. The largest absolute Gasteiger partial charge is 0.346 e. The molecule has 2 amide bonds. The van der Waals surface area contributed by atoms with Crippen molar-refractivity contribution in [2.24, 2.45) is 5.92 Å². The second kappa shape index (κ2) is 8.48. The molecule has 2 rings (SSSR count). The molecule has 0 spiro atoms. The summed E-state index contributed by atoms with van der Waals surface area (Å²) in [7, 11) is 1.89. The van der Waals surface area contributed by atoms with Crippen LogP contribution in [0.2, 0.25) is 0 Å². The van der Waals surface area contributed by atoms with Crippen LogP contribution < -0.4 is 0 Å². The molecule has 1 aliphatic rings. The van der Waals surface area contributed by atoms with Gasteiger partial charge in [0.2, 0.25) is 5.91 Å². The van der Waals surface area contributed by atoms with Gasteiger partial charge in [-0.25, -0.2) is 0 Å². The average molecular weight is 381 g/mol. The molecule has 23 heavy (non-hydrogen) atoms. The van der Waals surface area contributed by atoms with E-state index in [1.807, 2.05) is 41.1 Å². The van der Waals surface area contributed by atoms with Gasteiger partial charge in [0.15, 0.2) is 0 Å². The highest BCUT2D eigenvalue weighted by atomic mass is 79.9. The summed E-state index contributed by atoms with van der Waals surface area (Å²) in [4.78, 5) is 28.6. The van der Waals surface area contributed by atoms with Crippen LogP contribution in [0.25, 0.3) is 0 Å². The van der Waals surface area contributed by atoms with Crippen LogP contribution in [0.5, 0.6) is 0 Å². The number of likely N-dealkylation sites (tertiary alicyclic amines) is 1. The summed E-state index contributed by atoms with van der Waals surface area (Å²) in [5.41, 5.74) is 0.707. The van der Waals surface area contributed by atoms with Gasteiger partial charge >= 0.3 is 0 Å². The van der Waals surface area contributed by atoms with E-state index in [1.165, 1.54) is 0 Å². The Morgan fingerprint density at radius 1 is 1.22 bits per heavy atom.